The number of fused-ring (bicyclic) bond motifs is 20. The van der Waals surface area contributed by atoms with E-state index >= 15 is 0 Å². The molecule has 0 amide bonds. The van der Waals surface area contributed by atoms with Gasteiger partial charge in [-0.3, -0.25) is 20.0 Å². The largest absolute Gasteiger partial charge is 0.457 e. The molecule has 0 spiro atoms. The van der Waals surface area contributed by atoms with E-state index in [4.69, 9.17) is 68.8 Å². The number of ether oxygens (including phenoxy) is 4. The minimum absolute atomic E-state index is 0.368. The molecule has 5 heterocycles. The quantitative estimate of drug-likeness (QED) is 0.0694. The molecule has 0 saturated heterocycles. The second-order valence-electron chi connectivity index (χ2n) is 35.9. The molecule has 27 aromatic rings. The Morgan fingerprint density at radius 1 is 0.171 bits per heavy atom. The molecule has 8 bridgehead atoms. The fraction of sp³-hybridized carbons (Fsp3) is 0. The van der Waals surface area contributed by atoms with Crippen molar-refractivity contribution in [2.45, 2.75) is 0 Å². The Balaban J connectivity index is 0.537. The zero-order valence-corrected chi connectivity index (χ0v) is 74.4. The highest BCUT2D eigenvalue weighted by Crippen LogP contribution is 2.47. The van der Waals surface area contributed by atoms with Crippen LogP contribution in [0, 0.1) is 0 Å². The number of rotatable bonds is 16. The molecular formula is C124H70N12O4. The smallest absolute Gasteiger partial charge is 0.164 e. The number of aromatic nitrogens is 8. The molecule has 2 aliphatic heterocycles. The van der Waals surface area contributed by atoms with Crippen molar-refractivity contribution >= 4 is 221 Å². The second-order valence-corrected chi connectivity index (χ2v) is 35.9. The third kappa shape index (κ3) is 13.2. The lowest BCUT2D eigenvalue weighted by molar-refractivity contribution is 0.483. The maximum atomic E-state index is 6.80. The van der Waals surface area contributed by atoms with Crippen LogP contribution in [0.1, 0.15) is 22.3 Å². The Morgan fingerprint density at radius 2 is 0.386 bits per heavy atom. The first-order chi connectivity index (χ1) is 69.2. The SMILES string of the molecule is C(=Nc1ccc(Oc2ccc3c(c2)-c2nc-3nc3[nH]c(nc4nc(nc5[nH]c(n2)c2ccc(Oc6ccc(N=Cc7ccc8ccc9cccc%10ccc7c8c9%10)cc6)cc52)-c2ccc(Oc5ccc(N=Cc6ccc7ccc8cccc9ccc6c7c89)cc5)cc2-4)c2ccc(Oc4ccc(N=Cc5ccc6ccc7cccc8ccc5c6c78)cc4)cc32)cc1)c1ccc2ccc3cccc4ccc1c2c34. The molecule has 2 N–H and O–H groups in total. The van der Waals surface area contributed by atoms with Crippen molar-refractivity contribution in [3.63, 3.8) is 0 Å². The van der Waals surface area contributed by atoms with Gasteiger partial charge in [0.25, 0.3) is 0 Å². The summed E-state index contributed by atoms with van der Waals surface area (Å²) in [6.45, 7) is 0. The Hall–Kier alpha value is -19.3. The maximum Gasteiger partial charge on any atom is 0.164 e. The topological polar surface area (TPSA) is 195 Å². The Morgan fingerprint density at radius 3 is 0.664 bits per heavy atom. The number of nitrogens with zero attached hydrogens (tertiary/aromatic N) is 10. The van der Waals surface area contributed by atoms with Gasteiger partial charge >= 0.3 is 0 Å². The summed E-state index contributed by atoms with van der Waals surface area (Å²) >= 11 is 0. The van der Waals surface area contributed by atoms with E-state index in [-0.39, 0.29) is 0 Å². The average Bonchev–Trinajstić information content (AvgIpc) is 1.26. The van der Waals surface area contributed by atoms with Crippen molar-refractivity contribution in [2.24, 2.45) is 20.0 Å². The maximum absolute atomic E-state index is 6.80. The van der Waals surface area contributed by atoms with Crippen molar-refractivity contribution in [1.82, 2.24) is 39.9 Å². The van der Waals surface area contributed by atoms with Crippen LogP contribution in [0.3, 0.4) is 0 Å². The van der Waals surface area contributed by atoms with Crippen molar-refractivity contribution in [1.29, 1.82) is 0 Å². The van der Waals surface area contributed by atoms with Gasteiger partial charge in [0.15, 0.2) is 23.3 Å². The number of aliphatic imine (C=N–C) groups is 4. The highest BCUT2D eigenvalue weighted by atomic mass is 16.5. The van der Waals surface area contributed by atoms with Crippen LogP contribution in [-0.4, -0.2) is 64.7 Å². The minimum atomic E-state index is 0.368. The van der Waals surface area contributed by atoms with Gasteiger partial charge < -0.3 is 28.9 Å². The summed E-state index contributed by atoms with van der Waals surface area (Å²) in [4.78, 5) is 60.2. The predicted octanol–water partition coefficient (Wildman–Crippen LogP) is 32.6. The van der Waals surface area contributed by atoms with Crippen LogP contribution in [0.4, 0.5) is 22.7 Å². The molecular weight excluding hydrogens is 1720 g/mol. The fourth-order valence-corrected chi connectivity index (χ4v) is 21.0. The van der Waals surface area contributed by atoms with Gasteiger partial charge in [-0.2, -0.15) is 0 Å². The first-order valence-corrected chi connectivity index (χ1v) is 46.5. The molecule has 0 radical (unpaired) electrons. The summed E-state index contributed by atoms with van der Waals surface area (Å²) in [6.07, 6.45) is 7.79. The van der Waals surface area contributed by atoms with Crippen LogP contribution in [0.25, 0.3) is 219 Å². The third-order valence-electron chi connectivity index (χ3n) is 27.7. The lowest BCUT2D eigenvalue weighted by atomic mass is 9.92. The Kier molecular flexibility index (Phi) is 17.4. The summed E-state index contributed by atoms with van der Waals surface area (Å²) in [6, 6.07) is 133. The fourth-order valence-electron chi connectivity index (χ4n) is 21.0. The molecule has 0 atom stereocenters. The molecule has 0 aliphatic carbocycles. The molecule has 16 heteroatoms. The molecule has 16 nitrogen and oxygen atoms in total. The number of hydrogen-bond donors (Lipinski definition) is 2. The number of H-pyrrole nitrogens is 2. The lowest BCUT2D eigenvalue weighted by Gasteiger charge is -2.12. The van der Waals surface area contributed by atoms with Crippen LogP contribution < -0.4 is 18.9 Å². The summed E-state index contributed by atoms with van der Waals surface area (Å²) in [7, 11) is 0. The van der Waals surface area contributed by atoms with Crippen molar-refractivity contribution in [2.75, 3.05) is 0 Å². The highest BCUT2D eigenvalue weighted by Gasteiger charge is 2.27. The zero-order valence-electron chi connectivity index (χ0n) is 74.4. The van der Waals surface area contributed by atoms with Crippen LogP contribution in [0.5, 0.6) is 46.0 Å². The van der Waals surface area contributed by atoms with E-state index in [0.29, 0.717) is 125 Å². The molecule has 2 aliphatic rings. The Labute approximate surface area is 796 Å². The summed E-state index contributed by atoms with van der Waals surface area (Å²) in [5.41, 5.74) is 11.8. The normalized spacial score (nSPS) is 12.5. The van der Waals surface area contributed by atoms with Crippen molar-refractivity contribution in [3.05, 3.63) is 411 Å². The molecule has 140 heavy (non-hydrogen) atoms. The van der Waals surface area contributed by atoms with Gasteiger partial charge in [0.05, 0.1) is 22.7 Å². The molecule has 3 aromatic heterocycles. The standard InChI is InChI=1S/C124H70N12O4/c1-5-69-13-17-77-21-25-81(97-53-29-73(9-1)109(69)113(77)97)65-125-85-33-41-89(42-34-85)137-93-49-57-101-105(61-93)121-129-117(101)134-122-107-63-95(139-91-45-37-87(38-46-91)127-67-83-27-23-79-19-15-71-7-3-11-75-31-55-99(83)115(79)111(71)75)51-59-103(107)119(131-122)136-124-108-64-96(140-92-47-39-88(40-48-92)128-68-84-28-24-80-20-16-72-8-4-12-76-32-56-100(84)116(80)112(72)76)52-60-104(108)120(132-124)135-123-106-62-94(50-58-102(106)118(130-123)133-121)138-90-43-35-86(36-44-90)126-66-82-26-22-78-18-14-70-6-2-10-74-30-54-98(82)114(78)110(70)74/h1-68H,(H2,129,130,131,132,133,134,135,136). The first kappa shape index (κ1) is 78.2. The van der Waals surface area contributed by atoms with E-state index in [1.54, 1.807) is 0 Å². The molecule has 0 saturated carbocycles. The molecule has 650 valence electrons. The van der Waals surface area contributed by atoms with Gasteiger partial charge in [0.1, 0.15) is 68.6 Å². The van der Waals surface area contributed by atoms with Crippen molar-refractivity contribution in [3.8, 4) is 91.5 Å². The first-order valence-electron chi connectivity index (χ1n) is 46.5. The second kappa shape index (κ2) is 31.1. The van der Waals surface area contributed by atoms with Gasteiger partial charge in [-0.15, -0.1) is 0 Å². The van der Waals surface area contributed by atoms with Crippen molar-refractivity contribution < 1.29 is 18.9 Å². The van der Waals surface area contributed by atoms with Crippen LogP contribution >= 0.6 is 0 Å². The summed E-state index contributed by atoms with van der Waals surface area (Å²) < 4.78 is 27.2. The van der Waals surface area contributed by atoms with Gasteiger partial charge in [-0.1, -0.05) is 218 Å². The average molecular weight is 1790 g/mol. The number of nitrogens with one attached hydrogen (secondary N) is 2. The van der Waals surface area contributed by atoms with E-state index < -0.39 is 0 Å². The van der Waals surface area contributed by atoms with E-state index in [1.165, 1.54) is 108 Å². The van der Waals surface area contributed by atoms with Gasteiger partial charge in [0.2, 0.25) is 0 Å². The number of aromatic amines is 2. The van der Waals surface area contributed by atoms with Crippen LogP contribution in [-0.2, 0) is 0 Å². The van der Waals surface area contributed by atoms with Gasteiger partial charge in [0, 0.05) is 90.9 Å². The number of benzene rings is 24. The molecule has 29 rings (SSSR count). The summed E-state index contributed by atoms with van der Waals surface area (Å²) in [5, 5.41) is 32.1. The molecule has 0 fully saturated rings. The van der Waals surface area contributed by atoms with Gasteiger partial charge in [-0.05, 0) is 299 Å². The Bertz CT molecular complexity index is 9570. The van der Waals surface area contributed by atoms with Gasteiger partial charge in [-0.25, -0.2) is 29.9 Å². The third-order valence-corrected chi connectivity index (χ3v) is 27.7. The monoisotopic (exact) mass is 1790 g/mol. The van der Waals surface area contributed by atoms with E-state index in [1.807, 2.05) is 195 Å². The summed E-state index contributed by atoms with van der Waals surface area (Å²) in [5.74, 6) is 6.14. The van der Waals surface area contributed by atoms with E-state index in [9.17, 15) is 0 Å². The van der Waals surface area contributed by atoms with Crippen LogP contribution in [0.2, 0.25) is 0 Å². The highest BCUT2D eigenvalue weighted by molar-refractivity contribution is 6.30. The minimum Gasteiger partial charge on any atom is -0.457 e. The molecule has 24 aromatic carbocycles. The lowest BCUT2D eigenvalue weighted by Crippen LogP contribution is -1.89. The molecule has 0 unspecified atom stereocenters. The predicted molar refractivity (Wildman–Crippen MR) is 572 cm³/mol. The van der Waals surface area contributed by atoms with Crippen LogP contribution in [0.15, 0.2) is 408 Å². The van der Waals surface area contributed by atoms with E-state index in [0.717, 1.165) is 77.3 Å². The van der Waals surface area contributed by atoms with E-state index in [2.05, 4.69) is 228 Å². The zero-order chi connectivity index (χ0) is 91.7. The number of hydrogen-bond acceptors (Lipinski definition) is 14.